The lowest BCUT2D eigenvalue weighted by atomic mass is 10.2. The summed E-state index contributed by atoms with van der Waals surface area (Å²) in [6.45, 7) is 1.77. The SMILES string of the molecule is Nc1ncc(-c2cnn(C3CNC3)c2)nc1C(=O)O. The first-order valence-electron chi connectivity index (χ1n) is 5.76. The van der Waals surface area contributed by atoms with Gasteiger partial charge in [0, 0.05) is 24.8 Å². The first kappa shape index (κ1) is 11.6. The molecule has 1 saturated heterocycles. The van der Waals surface area contributed by atoms with Gasteiger partial charge in [-0.1, -0.05) is 0 Å². The minimum absolute atomic E-state index is 0.0909. The average Bonchev–Trinajstić information content (AvgIpc) is 2.76. The van der Waals surface area contributed by atoms with Crippen molar-refractivity contribution in [1.29, 1.82) is 0 Å². The van der Waals surface area contributed by atoms with Gasteiger partial charge in [-0.15, -0.1) is 0 Å². The van der Waals surface area contributed by atoms with Gasteiger partial charge in [-0.25, -0.2) is 14.8 Å². The van der Waals surface area contributed by atoms with Gasteiger partial charge in [0.05, 0.1) is 24.1 Å². The number of nitrogens with zero attached hydrogens (tertiary/aromatic N) is 4. The molecule has 0 radical (unpaired) electrons. The molecule has 8 heteroatoms. The van der Waals surface area contributed by atoms with Crippen molar-refractivity contribution in [3.05, 3.63) is 24.3 Å². The molecule has 1 fully saturated rings. The Hall–Kier alpha value is -2.48. The molecule has 2 aromatic rings. The molecule has 19 heavy (non-hydrogen) atoms. The molecule has 0 aromatic carbocycles. The van der Waals surface area contributed by atoms with E-state index in [1.54, 1.807) is 6.20 Å². The van der Waals surface area contributed by atoms with Crippen LogP contribution < -0.4 is 11.1 Å². The van der Waals surface area contributed by atoms with Gasteiger partial charge in [0.2, 0.25) is 0 Å². The third-order valence-corrected chi connectivity index (χ3v) is 3.03. The molecule has 3 heterocycles. The van der Waals surface area contributed by atoms with E-state index >= 15 is 0 Å². The number of hydrogen-bond acceptors (Lipinski definition) is 6. The second kappa shape index (κ2) is 4.32. The molecule has 1 aliphatic heterocycles. The summed E-state index contributed by atoms with van der Waals surface area (Å²) in [4.78, 5) is 18.8. The number of anilines is 1. The predicted octanol–water partition coefficient (Wildman–Crippen LogP) is -0.235. The lowest BCUT2D eigenvalue weighted by Crippen LogP contribution is -2.43. The molecular formula is C11H12N6O2. The normalized spacial score (nSPS) is 15.2. The van der Waals surface area contributed by atoms with Crippen LogP contribution in [0.25, 0.3) is 11.3 Å². The van der Waals surface area contributed by atoms with Crippen LogP contribution in [-0.4, -0.2) is 43.9 Å². The van der Waals surface area contributed by atoms with E-state index in [-0.39, 0.29) is 11.5 Å². The highest BCUT2D eigenvalue weighted by molar-refractivity contribution is 5.90. The van der Waals surface area contributed by atoms with Crippen LogP contribution >= 0.6 is 0 Å². The fourth-order valence-corrected chi connectivity index (χ4v) is 1.83. The van der Waals surface area contributed by atoms with Crippen LogP contribution in [0.1, 0.15) is 16.5 Å². The number of aromatic carboxylic acids is 1. The Morgan fingerprint density at radius 3 is 2.89 bits per heavy atom. The molecule has 1 aliphatic rings. The van der Waals surface area contributed by atoms with Gasteiger partial charge >= 0.3 is 5.97 Å². The number of nitrogens with two attached hydrogens (primary N) is 1. The third kappa shape index (κ3) is 2.02. The fourth-order valence-electron chi connectivity index (χ4n) is 1.83. The molecule has 0 atom stereocenters. The summed E-state index contributed by atoms with van der Waals surface area (Å²) < 4.78 is 1.84. The smallest absolute Gasteiger partial charge is 0.358 e. The molecule has 0 unspecified atom stereocenters. The second-order valence-corrected chi connectivity index (χ2v) is 4.32. The third-order valence-electron chi connectivity index (χ3n) is 3.03. The molecule has 0 saturated carbocycles. The van der Waals surface area contributed by atoms with E-state index < -0.39 is 5.97 Å². The summed E-state index contributed by atoms with van der Waals surface area (Å²) in [5.74, 6) is -1.28. The minimum atomic E-state index is -1.19. The van der Waals surface area contributed by atoms with Crippen molar-refractivity contribution in [2.75, 3.05) is 18.8 Å². The zero-order valence-corrected chi connectivity index (χ0v) is 9.95. The molecule has 0 aliphatic carbocycles. The molecular weight excluding hydrogens is 248 g/mol. The molecule has 0 bridgehead atoms. The van der Waals surface area contributed by atoms with Crippen LogP contribution in [-0.2, 0) is 0 Å². The van der Waals surface area contributed by atoms with Crippen molar-refractivity contribution in [2.45, 2.75) is 6.04 Å². The molecule has 2 aromatic heterocycles. The van der Waals surface area contributed by atoms with Crippen LogP contribution in [0.15, 0.2) is 18.6 Å². The van der Waals surface area contributed by atoms with Crippen LogP contribution in [0, 0.1) is 0 Å². The van der Waals surface area contributed by atoms with E-state index in [0.29, 0.717) is 11.7 Å². The van der Waals surface area contributed by atoms with Crippen LogP contribution in [0.2, 0.25) is 0 Å². The van der Waals surface area contributed by atoms with Gasteiger partial charge in [-0.2, -0.15) is 5.10 Å². The Morgan fingerprint density at radius 2 is 2.26 bits per heavy atom. The average molecular weight is 260 g/mol. The van der Waals surface area contributed by atoms with E-state index in [0.717, 1.165) is 18.7 Å². The number of rotatable bonds is 3. The van der Waals surface area contributed by atoms with E-state index in [4.69, 9.17) is 10.8 Å². The maximum absolute atomic E-state index is 11.0. The maximum Gasteiger partial charge on any atom is 0.358 e. The Balaban J connectivity index is 1.95. The van der Waals surface area contributed by atoms with Crippen LogP contribution in [0.4, 0.5) is 5.82 Å². The summed E-state index contributed by atoms with van der Waals surface area (Å²) >= 11 is 0. The Bertz CT molecular complexity index is 634. The monoisotopic (exact) mass is 260 g/mol. The predicted molar refractivity (Wildman–Crippen MR) is 66.5 cm³/mol. The second-order valence-electron chi connectivity index (χ2n) is 4.32. The van der Waals surface area contributed by atoms with E-state index in [2.05, 4.69) is 20.4 Å². The molecule has 8 nitrogen and oxygen atoms in total. The van der Waals surface area contributed by atoms with E-state index in [9.17, 15) is 4.79 Å². The first-order valence-corrected chi connectivity index (χ1v) is 5.76. The molecule has 0 spiro atoms. The quantitative estimate of drug-likeness (QED) is 0.697. The number of carbonyl (C=O) groups is 1. The summed E-state index contributed by atoms with van der Waals surface area (Å²) in [5.41, 5.74) is 6.40. The summed E-state index contributed by atoms with van der Waals surface area (Å²) in [6, 6.07) is 0.342. The van der Waals surface area contributed by atoms with Crippen LogP contribution in [0.5, 0.6) is 0 Å². The van der Waals surface area contributed by atoms with Gasteiger partial charge in [0.15, 0.2) is 11.5 Å². The van der Waals surface area contributed by atoms with Gasteiger partial charge in [0.25, 0.3) is 0 Å². The summed E-state index contributed by atoms with van der Waals surface area (Å²) in [7, 11) is 0. The molecule has 4 N–H and O–H groups in total. The van der Waals surface area contributed by atoms with Gasteiger partial charge in [-0.3, -0.25) is 4.68 Å². The largest absolute Gasteiger partial charge is 0.476 e. The van der Waals surface area contributed by atoms with Crippen molar-refractivity contribution in [3.8, 4) is 11.3 Å². The van der Waals surface area contributed by atoms with Gasteiger partial charge in [-0.05, 0) is 0 Å². The highest BCUT2D eigenvalue weighted by Gasteiger charge is 2.20. The number of carboxylic acids is 1. The Labute approximate surface area is 108 Å². The highest BCUT2D eigenvalue weighted by atomic mass is 16.4. The van der Waals surface area contributed by atoms with Crippen LogP contribution in [0.3, 0.4) is 0 Å². The van der Waals surface area contributed by atoms with Crippen molar-refractivity contribution in [2.24, 2.45) is 0 Å². The summed E-state index contributed by atoms with van der Waals surface area (Å²) in [5, 5.41) is 16.4. The number of nitrogens with one attached hydrogen (secondary N) is 1. The Kier molecular flexibility index (Phi) is 2.64. The van der Waals surface area contributed by atoms with Gasteiger partial charge < -0.3 is 16.2 Å². The molecule has 3 rings (SSSR count). The highest BCUT2D eigenvalue weighted by Crippen LogP contribution is 2.20. The number of carboxylic acid groups (broad SMARTS) is 1. The number of hydrogen-bond donors (Lipinski definition) is 3. The zero-order valence-electron chi connectivity index (χ0n) is 9.95. The number of nitrogen functional groups attached to an aromatic ring is 1. The Morgan fingerprint density at radius 1 is 1.47 bits per heavy atom. The summed E-state index contributed by atoms with van der Waals surface area (Å²) in [6.07, 6.45) is 4.92. The van der Waals surface area contributed by atoms with Crippen molar-refractivity contribution < 1.29 is 9.90 Å². The number of aromatic nitrogens is 4. The lowest BCUT2D eigenvalue weighted by molar-refractivity contribution is 0.0691. The maximum atomic E-state index is 11.0. The molecule has 98 valence electrons. The van der Waals surface area contributed by atoms with Crippen molar-refractivity contribution >= 4 is 11.8 Å². The first-order chi connectivity index (χ1) is 9.15. The van der Waals surface area contributed by atoms with Crippen molar-refractivity contribution in [3.63, 3.8) is 0 Å². The lowest BCUT2D eigenvalue weighted by Gasteiger charge is -2.27. The minimum Gasteiger partial charge on any atom is -0.476 e. The van der Waals surface area contributed by atoms with Crippen molar-refractivity contribution in [1.82, 2.24) is 25.1 Å². The standard InChI is InChI=1S/C11H12N6O2/c12-10-9(11(18)19)16-8(4-14-10)6-1-15-17(5-6)7-2-13-3-7/h1,4-5,7,13H,2-3H2,(H2,12,14)(H,18,19). The van der Waals surface area contributed by atoms with E-state index in [1.165, 1.54) is 6.20 Å². The van der Waals surface area contributed by atoms with E-state index in [1.807, 2.05) is 10.9 Å². The van der Waals surface area contributed by atoms with Gasteiger partial charge in [0.1, 0.15) is 0 Å². The zero-order chi connectivity index (χ0) is 13.4. The molecule has 0 amide bonds. The topological polar surface area (TPSA) is 119 Å². The fraction of sp³-hybridized carbons (Fsp3) is 0.273.